The van der Waals surface area contributed by atoms with E-state index < -0.39 is 18.1 Å². The van der Waals surface area contributed by atoms with Gasteiger partial charge in [-0.15, -0.1) is 5.10 Å². The Bertz CT molecular complexity index is 460. The molecule has 8 nitrogen and oxygen atoms in total. The maximum Gasteiger partial charge on any atom is 0.320 e. The molecule has 0 saturated heterocycles. The van der Waals surface area contributed by atoms with Gasteiger partial charge in [-0.3, -0.25) is 9.59 Å². The topological polar surface area (TPSA) is 123 Å². The molecule has 0 aliphatic heterocycles. The van der Waals surface area contributed by atoms with E-state index in [2.05, 4.69) is 15.6 Å². The molecule has 0 aliphatic rings. The molecular formula is C12H21N5O3. The summed E-state index contributed by atoms with van der Waals surface area (Å²) in [5.41, 5.74) is 5.87. The monoisotopic (exact) mass is 283 g/mol. The summed E-state index contributed by atoms with van der Waals surface area (Å²) in [6, 6.07) is -1.51. The van der Waals surface area contributed by atoms with Crippen LogP contribution in [0, 0.1) is 0 Å². The van der Waals surface area contributed by atoms with E-state index in [-0.39, 0.29) is 12.3 Å². The average Bonchev–Trinajstić information content (AvgIpc) is 2.86. The van der Waals surface area contributed by atoms with Crippen LogP contribution in [-0.2, 0) is 16.0 Å². The van der Waals surface area contributed by atoms with Crippen LogP contribution in [0.15, 0.2) is 6.20 Å². The third-order valence-corrected chi connectivity index (χ3v) is 2.91. The van der Waals surface area contributed by atoms with Gasteiger partial charge in [0, 0.05) is 19.2 Å². The summed E-state index contributed by atoms with van der Waals surface area (Å²) in [6.45, 7) is 4.38. The predicted molar refractivity (Wildman–Crippen MR) is 72.0 cm³/mol. The third kappa shape index (κ3) is 4.61. The van der Waals surface area contributed by atoms with Gasteiger partial charge in [-0.25, -0.2) is 4.68 Å². The van der Waals surface area contributed by atoms with Crippen molar-refractivity contribution in [2.24, 2.45) is 5.73 Å². The van der Waals surface area contributed by atoms with Gasteiger partial charge in [0.15, 0.2) is 0 Å². The number of carbonyl (C=O) groups is 2. The van der Waals surface area contributed by atoms with Gasteiger partial charge >= 0.3 is 5.97 Å². The van der Waals surface area contributed by atoms with Gasteiger partial charge in [0.05, 0.1) is 5.69 Å². The van der Waals surface area contributed by atoms with Crippen molar-refractivity contribution in [2.45, 2.75) is 45.2 Å². The number of nitrogens with two attached hydrogens (primary N) is 1. The van der Waals surface area contributed by atoms with Crippen LogP contribution in [0.3, 0.4) is 0 Å². The van der Waals surface area contributed by atoms with E-state index in [9.17, 15) is 9.59 Å². The average molecular weight is 283 g/mol. The largest absolute Gasteiger partial charge is 0.480 e. The molecule has 2 atom stereocenters. The SMILES string of the molecule is CCCCNC(=O)C(C)n1cc(CC(N)C(=O)O)nn1. The number of aromatic nitrogens is 3. The van der Waals surface area contributed by atoms with Crippen LogP contribution >= 0.6 is 0 Å². The van der Waals surface area contributed by atoms with Gasteiger partial charge in [0.2, 0.25) is 5.91 Å². The van der Waals surface area contributed by atoms with Crippen LogP contribution < -0.4 is 11.1 Å². The number of aliphatic carboxylic acids is 1. The molecule has 1 heterocycles. The van der Waals surface area contributed by atoms with Crippen LogP contribution in [-0.4, -0.2) is 44.6 Å². The Morgan fingerprint density at radius 1 is 1.55 bits per heavy atom. The summed E-state index contributed by atoms with van der Waals surface area (Å²) in [4.78, 5) is 22.5. The van der Waals surface area contributed by atoms with Crippen molar-refractivity contribution in [1.82, 2.24) is 20.3 Å². The zero-order valence-corrected chi connectivity index (χ0v) is 11.7. The summed E-state index contributed by atoms with van der Waals surface area (Å²) in [6.07, 6.45) is 3.57. The summed E-state index contributed by atoms with van der Waals surface area (Å²) >= 11 is 0. The van der Waals surface area contributed by atoms with E-state index in [0.717, 1.165) is 12.8 Å². The number of nitrogens with zero attached hydrogens (tertiary/aromatic N) is 3. The third-order valence-electron chi connectivity index (χ3n) is 2.91. The fraction of sp³-hybridized carbons (Fsp3) is 0.667. The van der Waals surface area contributed by atoms with E-state index in [1.807, 2.05) is 6.92 Å². The number of rotatable bonds is 8. The molecule has 0 bridgehead atoms. The number of carboxylic acid groups (broad SMARTS) is 1. The van der Waals surface area contributed by atoms with Crippen molar-refractivity contribution in [1.29, 1.82) is 0 Å². The highest BCUT2D eigenvalue weighted by atomic mass is 16.4. The Kier molecular flexibility index (Phi) is 6.10. The number of hydrogen-bond acceptors (Lipinski definition) is 5. The summed E-state index contributed by atoms with van der Waals surface area (Å²) in [7, 11) is 0. The van der Waals surface area contributed by atoms with Crippen molar-refractivity contribution >= 4 is 11.9 Å². The molecule has 0 aromatic carbocycles. The van der Waals surface area contributed by atoms with E-state index in [4.69, 9.17) is 10.8 Å². The highest BCUT2D eigenvalue weighted by Crippen LogP contribution is 2.06. The second kappa shape index (κ2) is 7.59. The van der Waals surface area contributed by atoms with Gasteiger partial charge in [-0.05, 0) is 13.3 Å². The maximum atomic E-state index is 11.8. The molecule has 1 aromatic rings. The minimum atomic E-state index is -1.09. The molecule has 1 rings (SSSR count). The standard InChI is InChI=1S/C12H21N5O3/c1-3-4-5-14-11(18)8(2)17-7-9(15-16-17)6-10(13)12(19)20/h7-8,10H,3-6,13H2,1-2H3,(H,14,18)(H,19,20). The fourth-order valence-electron chi connectivity index (χ4n) is 1.57. The zero-order chi connectivity index (χ0) is 15.1. The summed E-state index contributed by atoms with van der Waals surface area (Å²) in [5, 5.41) is 19.2. The van der Waals surface area contributed by atoms with Crippen molar-refractivity contribution in [3.8, 4) is 0 Å². The van der Waals surface area contributed by atoms with Crippen molar-refractivity contribution in [3.63, 3.8) is 0 Å². The summed E-state index contributed by atoms with van der Waals surface area (Å²) in [5.74, 6) is -1.23. The number of nitrogens with one attached hydrogen (secondary N) is 1. The summed E-state index contributed by atoms with van der Waals surface area (Å²) < 4.78 is 1.41. The molecule has 112 valence electrons. The number of hydrogen-bond donors (Lipinski definition) is 3. The lowest BCUT2D eigenvalue weighted by molar-refractivity contribution is -0.138. The highest BCUT2D eigenvalue weighted by molar-refractivity contribution is 5.79. The van der Waals surface area contributed by atoms with E-state index >= 15 is 0 Å². The second-order valence-corrected chi connectivity index (χ2v) is 4.66. The van der Waals surface area contributed by atoms with Crippen LogP contribution in [0.5, 0.6) is 0 Å². The molecule has 1 amide bonds. The first kappa shape index (κ1) is 16.1. The second-order valence-electron chi connectivity index (χ2n) is 4.66. The Hall–Kier alpha value is -1.96. The molecule has 0 spiro atoms. The number of unbranched alkanes of at least 4 members (excludes halogenated alkanes) is 1. The molecule has 0 radical (unpaired) electrons. The van der Waals surface area contributed by atoms with Crippen molar-refractivity contribution in [3.05, 3.63) is 11.9 Å². The molecule has 4 N–H and O–H groups in total. The molecule has 1 aromatic heterocycles. The van der Waals surface area contributed by atoms with Gasteiger partial charge in [-0.1, -0.05) is 18.6 Å². The molecule has 0 aliphatic carbocycles. The van der Waals surface area contributed by atoms with Crippen molar-refractivity contribution in [2.75, 3.05) is 6.54 Å². The lowest BCUT2D eigenvalue weighted by Gasteiger charge is -2.11. The minimum Gasteiger partial charge on any atom is -0.480 e. The molecule has 0 saturated carbocycles. The van der Waals surface area contributed by atoms with Crippen LogP contribution in [0.4, 0.5) is 0 Å². The van der Waals surface area contributed by atoms with Gasteiger partial charge in [0.25, 0.3) is 0 Å². The van der Waals surface area contributed by atoms with Crippen LogP contribution in [0.1, 0.15) is 38.4 Å². The maximum absolute atomic E-state index is 11.8. The Labute approximate surface area is 117 Å². The Morgan fingerprint density at radius 2 is 2.25 bits per heavy atom. The van der Waals surface area contributed by atoms with E-state index in [0.29, 0.717) is 12.2 Å². The predicted octanol–water partition coefficient (Wildman–Crippen LogP) is -0.290. The minimum absolute atomic E-state index is 0.0828. The first-order chi connectivity index (χ1) is 9.45. The normalized spacial score (nSPS) is 13.8. The van der Waals surface area contributed by atoms with Gasteiger partial charge in [0.1, 0.15) is 12.1 Å². The van der Waals surface area contributed by atoms with Crippen LogP contribution in [0.25, 0.3) is 0 Å². The first-order valence-electron chi connectivity index (χ1n) is 6.62. The van der Waals surface area contributed by atoms with E-state index in [1.54, 1.807) is 13.1 Å². The molecule has 0 fully saturated rings. The fourth-order valence-corrected chi connectivity index (χ4v) is 1.57. The number of amides is 1. The van der Waals surface area contributed by atoms with Gasteiger partial charge < -0.3 is 16.2 Å². The molecular weight excluding hydrogens is 262 g/mol. The van der Waals surface area contributed by atoms with Crippen molar-refractivity contribution < 1.29 is 14.7 Å². The molecule has 20 heavy (non-hydrogen) atoms. The Balaban J connectivity index is 2.57. The Morgan fingerprint density at radius 3 is 2.85 bits per heavy atom. The van der Waals surface area contributed by atoms with Gasteiger partial charge in [-0.2, -0.15) is 0 Å². The lowest BCUT2D eigenvalue weighted by Crippen LogP contribution is -2.32. The first-order valence-corrected chi connectivity index (χ1v) is 6.62. The molecule has 8 heteroatoms. The number of carboxylic acids is 1. The quantitative estimate of drug-likeness (QED) is 0.563. The molecule has 2 unspecified atom stereocenters. The van der Waals surface area contributed by atoms with Crippen LogP contribution in [0.2, 0.25) is 0 Å². The highest BCUT2D eigenvalue weighted by Gasteiger charge is 2.18. The van der Waals surface area contributed by atoms with E-state index in [1.165, 1.54) is 4.68 Å². The lowest BCUT2D eigenvalue weighted by atomic mass is 10.2. The zero-order valence-electron chi connectivity index (χ0n) is 11.7. The smallest absolute Gasteiger partial charge is 0.320 e. The number of carbonyl (C=O) groups excluding carboxylic acids is 1.